The van der Waals surface area contributed by atoms with Crippen molar-refractivity contribution in [2.24, 2.45) is 5.14 Å². The van der Waals surface area contributed by atoms with Crippen LogP contribution in [0.5, 0.6) is 0 Å². The topological polar surface area (TPSA) is 110 Å². The Hall–Kier alpha value is -2.42. The number of likely N-dealkylation sites (tertiary alicyclic amines) is 1. The number of primary sulfonamides is 1. The molecule has 2 aromatic carbocycles. The normalized spacial score (nSPS) is 17.6. The maximum atomic E-state index is 12.5. The molecule has 3 N–H and O–H groups in total. The number of nitrogens with two attached hydrogens (primary N) is 1. The molecule has 1 aliphatic heterocycles. The number of halogens is 1. The van der Waals surface area contributed by atoms with Crippen molar-refractivity contribution in [3.63, 3.8) is 0 Å². The predicted molar refractivity (Wildman–Crippen MR) is 96.9 cm³/mol. The van der Waals surface area contributed by atoms with Crippen molar-refractivity contribution in [1.82, 2.24) is 4.90 Å². The number of amides is 2. The number of nitrogens with one attached hydrogen (secondary N) is 1. The molecule has 0 aromatic heterocycles. The zero-order chi connectivity index (χ0) is 18.9. The van der Waals surface area contributed by atoms with Crippen molar-refractivity contribution in [1.29, 1.82) is 0 Å². The average molecular weight is 394 g/mol. The molecule has 1 atom stereocenters. The van der Waals surface area contributed by atoms with Gasteiger partial charge in [0.25, 0.3) is 5.91 Å². The number of nitrogens with zero attached hydrogens (tertiary/aromatic N) is 1. The van der Waals surface area contributed by atoms with Crippen molar-refractivity contribution in [2.75, 3.05) is 5.32 Å². The Kier molecular flexibility index (Phi) is 4.99. The third-order valence-corrected chi connectivity index (χ3v) is 5.20. The van der Waals surface area contributed by atoms with Crippen LogP contribution in [-0.2, 0) is 26.2 Å². The van der Waals surface area contributed by atoms with Crippen molar-refractivity contribution < 1.29 is 18.0 Å². The molecule has 0 saturated carbocycles. The van der Waals surface area contributed by atoms with Gasteiger partial charge in [0.15, 0.2) is 0 Å². The van der Waals surface area contributed by atoms with E-state index in [1.807, 2.05) is 0 Å². The monoisotopic (exact) mass is 393 g/mol. The quantitative estimate of drug-likeness (QED) is 0.752. The minimum Gasteiger partial charge on any atom is -0.373 e. The number of benzene rings is 2. The molecule has 0 bridgehead atoms. The summed E-state index contributed by atoms with van der Waals surface area (Å²) in [6.07, 6.45) is 0.0311. The highest BCUT2D eigenvalue weighted by Gasteiger charge is 2.38. The van der Waals surface area contributed by atoms with Gasteiger partial charge in [0, 0.05) is 10.7 Å². The van der Waals surface area contributed by atoms with Crippen LogP contribution in [0.2, 0.25) is 5.02 Å². The summed E-state index contributed by atoms with van der Waals surface area (Å²) in [7, 11) is -3.78. The van der Waals surface area contributed by atoms with Crippen LogP contribution in [0.4, 0.5) is 5.69 Å². The molecule has 2 aromatic rings. The summed E-state index contributed by atoms with van der Waals surface area (Å²) in [5.41, 5.74) is 1.33. The van der Waals surface area contributed by atoms with Crippen LogP contribution >= 0.6 is 11.6 Å². The van der Waals surface area contributed by atoms with E-state index in [1.54, 1.807) is 24.3 Å². The molecule has 3 rings (SSSR count). The standard InChI is InChI=1S/C17H16ClN3O4S/c18-12-3-1-11(2-4-12)10-21-16(22)9-15(17(21)23)20-13-5-7-14(8-6-13)26(19,24)25/h1-8,15,20H,9-10H2,(H2,19,24,25)/t15-/m0/s1. The molecule has 0 aliphatic carbocycles. The maximum Gasteiger partial charge on any atom is 0.252 e. The van der Waals surface area contributed by atoms with Crippen molar-refractivity contribution in [2.45, 2.75) is 23.9 Å². The number of hydrogen-bond acceptors (Lipinski definition) is 5. The summed E-state index contributed by atoms with van der Waals surface area (Å²) in [5.74, 6) is -0.607. The number of carbonyl (C=O) groups is 2. The van der Waals surface area contributed by atoms with Crippen LogP contribution < -0.4 is 10.5 Å². The summed E-state index contributed by atoms with van der Waals surface area (Å²) in [6.45, 7) is 0.178. The summed E-state index contributed by atoms with van der Waals surface area (Å²) < 4.78 is 22.5. The third kappa shape index (κ3) is 4.04. The molecule has 1 fully saturated rings. The maximum absolute atomic E-state index is 12.5. The average Bonchev–Trinajstić information content (AvgIpc) is 2.84. The highest BCUT2D eigenvalue weighted by Crippen LogP contribution is 2.22. The molecule has 1 heterocycles. The molecule has 1 saturated heterocycles. The van der Waals surface area contributed by atoms with E-state index in [0.29, 0.717) is 10.7 Å². The van der Waals surface area contributed by atoms with E-state index in [4.69, 9.17) is 16.7 Å². The lowest BCUT2D eigenvalue weighted by molar-refractivity contribution is -0.139. The lowest BCUT2D eigenvalue weighted by atomic mass is 10.2. The van der Waals surface area contributed by atoms with Gasteiger partial charge in [-0.05, 0) is 42.0 Å². The lowest BCUT2D eigenvalue weighted by Crippen LogP contribution is -2.34. The summed E-state index contributed by atoms with van der Waals surface area (Å²) in [4.78, 5) is 25.9. The Labute approximate surface area is 155 Å². The SMILES string of the molecule is NS(=O)(=O)c1ccc(N[C@H]2CC(=O)N(Cc3ccc(Cl)cc3)C2=O)cc1. The lowest BCUT2D eigenvalue weighted by Gasteiger charge is -2.16. The van der Waals surface area contributed by atoms with Crippen molar-refractivity contribution in [3.05, 3.63) is 59.1 Å². The zero-order valence-corrected chi connectivity index (χ0v) is 15.1. The number of carbonyl (C=O) groups excluding carboxylic acids is 2. The zero-order valence-electron chi connectivity index (χ0n) is 13.6. The molecule has 0 spiro atoms. The van der Waals surface area contributed by atoms with E-state index in [9.17, 15) is 18.0 Å². The highest BCUT2D eigenvalue weighted by atomic mass is 35.5. The van der Waals surface area contributed by atoms with E-state index in [1.165, 1.54) is 29.2 Å². The Morgan fingerprint density at radius 2 is 1.69 bits per heavy atom. The van der Waals surface area contributed by atoms with Gasteiger partial charge in [-0.15, -0.1) is 0 Å². The fourth-order valence-electron chi connectivity index (χ4n) is 2.68. The minimum atomic E-state index is -3.78. The summed E-state index contributed by atoms with van der Waals surface area (Å²) >= 11 is 5.84. The minimum absolute atomic E-state index is 0.0266. The number of anilines is 1. The van der Waals surface area contributed by atoms with Gasteiger partial charge < -0.3 is 5.32 Å². The summed E-state index contributed by atoms with van der Waals surface area (Å²) in [6, 6.07) is 11.9. The number of sulfonamides is 1. The molecule has 26 heavy (non-hydrogen) atoms. The second-order valence-corrected chi connectivity index (χ2v) is 7.91. The smallest absolute Gasteiger partial charge is 0.252 e. The first-order chi connectivity index (χ1) is 12.2. The Bertz CT molecular complexity index is 943. The van der Waals surface area contributed by atoms with Crippen LogP contribution in [0.25, 0.3) is 0 Å². The number of imide groups is 1. The Balaban J connectivity index is 1.69. The fraction of sp³-hybridized carbons (Fsp3) is 0.176. The van der Waals surface area contributed by atoms with Gasteiger partial charge in [-0.2, -0.15) is 0 Å². The van der Waals surface area contributed by atoms with Crippen LogP contribution in [0.15, 0.2) is 53.4 Å². The molecule has 7 nitrogen and oxygen atoms in total. The molecule has 136 valence electrons. The van der Waals surface area contributed by atoms with Gasteiger partial charge in [0.05, 0.1) is 17.9 Å². The second kappa shape index (κ2) is 7.06. The number of hydrogen-bond donors (Lipinski definition) is 2. The molecule has 0 unspecified atom stereocenters. The third-order valence-electron chi connectivity index (χ3n) is 4.02. The van der Waals surface area contributed by atoms with E-state index in [0.717, 1.165) is 5.56 Å². The van der Waals surface area contributed by atoms with Crippen LogP contribution in [0, 0.1) is 0 Å². The van der Waals surface area contributed by atoms with Crippen molar-refractivity contribution in [3.8, 4) is 0 Å². The Morgan fingerprint density at radius 3 is 2.27 bits per heavy atom. The molecule has 9 heteroatoms. The van der Waals surface area contributed by atoms with Gasteiger partial charge in [-0.25, -0.2) is 13.6 Å². The van der Waals surface area contributed by atoms with E-state index in [-0.39, 0.29) is 29.7 Å². The van der Waals surface area contributed by atoms with E-state index < -0.39 is 16.1 Å². The van der Waals surface area contributed by atoms with Gasteiger partial charge >= 0.3 is 0 Å². The largest absolute Gasteiger partial charge is 0.373 e. The van der Waals surface area contributed by atoms with Crippen LogP contribution in [0.1, 0.15) is 12.0 Å². The van der Waals surface area contributed by atoms with Gasteiger partial charge in [-0.3, -0.25) is 14.5 Å². The first-order valence-electron chi connectivity index (χ1n) is 7.72. The first kappa shape index (κ1) is 18.4. The molecule has 1 aliphatic rings. The van der Waals surface area contributed by atoms with Crippen LogP contribution in [0.3, 0.4) is 0 Å². The molecular weight excluding hydrogens is 378 g/mol. The van der Waals surface area contributed by atoms with Gasteiger partial charge in [0.2, 0.25) is 15.9 Å². The Morgan fingerprint density at radius 1 is 1.08 bits per heavy atom. The van der Waals surface area contributed by atoms with Gasteiger partial charge in [0.1, 0.15) is 6.04 Å². The van der Waals surface area contributed by atoms with Gasteiger partial charge in [-0.1, -0.05) is 23.7 Å². The molecule has 0 radical (unpaired) electrons. The van der Waals surface area contributed by atoms with Crippen LogP contribution in [-0.4, -0.2) is 31.2 Å². The number of rotatable bonds is 5. The summed E-state index contributed by atoms with van der Waals surface area (Å²) in [5, 5.41) is 8.58. The molecular formula is C17H16ClN3O4S. The highest BCUT2D eigenvalue weighted by molar-refractivity contribution is 7.89. The predicted octanol–water partition coefficient (Wildman–Crippen LogP) is 1.73. The van der Waals surface area contributed by atoms with E-state index in [2.05, 4.69) is 5.32 Å². The first-order valence-corrected chi connectivity index (χ1v) is 9.64. The van der Waals surface area contributed by atoms with E-state index >= 15 is 0 Å². The second-order valence-electron chi connectivity index (χ2n) is 5.92. The fourth-order valence-corrected chi connectivity index (χ4v) is 3.32. The van der Waals surface area contributed by atoms with Crippen molar-refractivity contribution >= 4 is 39.1 Å². The molecule has 2 amide bonds.